The quantitative estimate of drug-likeness (QED) is 0.533. The Morgan fingerprint density at radius 1 is 1.20 bits per heavy atom. The minimum absolute atomic E-state index is 0. The fourth-order valence-corrected chi connectivity index (χ4v) is 6.79. The van der Waals surface area contributed by atoms with Crippen molar-refractivity contribution in [3.63, 3.8) is 0 Å². The second kappa shape index (κ2) is 12.3. The smallest absolute Gasteiger partial charge is 0.423 e. The SMILES string of the molecule is COC(=O)[N+]1(CC[C@H](N)c2ccccc2)C2CCC1CC(n1c(C)nc3c1CCNC3)C2.Cl.Cl.Cl. The molecule has 10 heteroatoms. The van der Waals surface area contributed by atoms with Gasteiger partial charge in [-0.3, -0.25) is 0 Å². The number of nitrogens with zero attached hydrogens (tertiary/aromatic N) is 3. The van der Waals surface area contributed by atoms with Crippen LogP contribution in [-0.4, -0.2) is 52.4 Å². The van der Waals surface area contributed by atoms with Crippen LogP contribution >= 0.6 is 37.2 Å². The number of nitrogens with one attached hydrogen (secondary N) is 1. The van der Waals surface area contributed by atoms with Crippen LogP contribution in [0.15, 0.2) is 30.3 Å². The Bertz CT molecular complexity index is 973. The van der Waals surface area contributed by atoms with Gasteiger partial charge in [0.15, 0.2) is 0 Å². The van der Waals surface area contributed by atoms with E-state index in [1.807, 2.05) is 18.2 Å². The summed E-state index contributed by atoms with van der Waals surface area (Å²) >= 11 is 0. The number of imidazole rings is 1. The second-order valence-corrected chi connectivity index (χ2v) is 9.79. The van der Waals surface area contributed by atoms with Crippen LogP contribution in [0.1, 0.15) is 67.0 Å². The number of hydrogen-bond donors (Lipinski definition) is 2. The number of halogens is 3. The van der Waals surface area contributed by atoms with E-state index in [4.69, 9.17) is 15.5 Å². The van der Waals surface area contributed by atoms with Crippen molar-refractivity contribution in [2.24, 2.45) is 5.73 Å². The third-order valence-electron chi connectivity index (χ3n) is 8.24. The summed E-state index contributed by atoms with van der Waals surface area (Å²) in [5.74, 6) is 1.12. The highest BCUT2D eigenvalue weighted by Gasteiger charge is 2.60. The van der Waals surface area contributed by atoms with Crippen LogP contribution in [0, 0.1) is 6.92 Å². The number of benzene rings is 1. The summed E-state index contributed by atoms with van der Waals surface area (Å²) in [5.41, 5.74) is 10.3. The van der Waals surface area contributed by atoms with E-state index in [2.05, 4.69) is 28.9 Å². The average Bonchev–Trinajstić information content (AvgIpc) is 3.24. The summed E-state index contributed by atoms with van der Waals surface area (Å²) in [4.78, 5) is 18.1. The Morgan fingerprint density at radius 2 is 1.86 bits per heavy atom. The summed E-state index contributed by atoms with van der Waals surface area (Å²) in [7, 11) is 1.54. The van der Waals surface area contributed by atoms with Gasteiger partial charge in [0.05, 0.1) is 19.3 Å². The zero-order valence-electron chi connectivity index (χ0n) is 20.5. The molecule has 2 unspecified atom stereocenters. The Morgan fingerprint density at radius 3 is 2.49 bits per heavy atom. The molecule has 196 valence electrons. The minimum Gasteiger partial charge on any atom is -0.423 e. The number of piperidine rings is 1. The molecule has 35 heavy (non-hydrogen) atoms. The first-order valence-corrected chi connectivity index (χ1v) is 12.1. The maximum absolute atomic E-state index is 13.3. The molecule has 3 atom stereocenters. The van der Waals surface area contributed by atoms with Crippen molar-refractivity contribution < 1.29 is 14.0 Å². The van der Waals surface area contributed by atoms with Gasteiger partial charge in [-0.2, -0.15) is 4.79 Å². The predicted octanol–water partition coefficient (Wildman–Crippen LogP) is 4.64. The topological polar surface area (TPSA) is 82.2 Å². The van der Waals surface area contributed by atoms with Crippen LogP contribution in [0.2, 0.25) is 0 Å². The van der Waals surface area contributed by atoms with Gasteiger partial charge in [0.1, 0.15) is 17.9 Å². The summed E-state index contributed by atoms with van der Waals surface area (Å²) in [6, 6.07) is 11.1. The molecular weight excluding hydrogens is 509 g/mol. The molecule has 5 rings (SSSR count). The van der Waals surface area contributed by atoms with E-state index in [0.29, 0.717) is 10.5 Å². The standard InChI is InChI=1S/C25H36N5O2.3ClH/c1-17-28-23-16-27-12-10-24(23)29(17)19-14-20-8-9-21(15-19)30(20,25(31)32-2)13-11-22(26)18-6-4-3-5-7-18;;;/h3-7,19-22,27H,8-16,26H2,1-2H3;3*1H/q+1;;;/t19?,20?,21?,22-,30?;;;/m0.../s1. The number of fused-ring (bicyclic) bond motifs is 3. The highest BCUT2D eigenvalue weighted by molar-refractivity contribution is 5.86. The minimum atomic E-state index is -0.0789. The number of hydrogen-bond acceptors (Lipinski definition) is 5. The second-order valence-electron chi connectivity index (χ2n) is 9.79. The van der Waals surface area contributed by atoms with Gasteiger partial charge in [-0.25, -0.2) is 9.47 Å². The lowest BCUT2D eigenvalue weighted by molar-refractivity contribution is -0.899. The predicted molar refractivity (Wildman–Crippen MR) is 145 cm³/mol. The Hall–Kier alpha value is -1.35. The van der Waals surface area contributed by atoms with Crippen molar-refractivity contribution in [2.75, 3.05) is 20.2 Å². The number of nitrogens with two attached hydrogens (primary N) is 1. The van der Waals surface area contributed by atoms with E-state index in [-0.39, 0.29) is 61.4 Å². The van der Waals surface area contributed by atoms with Gasteiger partial charge in [0.25, 0.3) is 0 Å². The normalized spacial score (nSPS) is 27.5. The van der Waals surface area contributed by atoms with Gasteiger partial charge < -0.3 is 20.4 Å². The fourth-order valence-electron chi connectivity index (χ4n) is 6.79. The van der Waals surface area contributed by atoms with E-state index >= 15 is 0 Å². The zero-order valence-corrected chi connectivity index (χ0v) is 23.0. The van der Waals surface area contributed by atoms with Crippen LogP contribution in [0.25, 0.3) is 0 Å². The highest BCUT2D eigenvalue weighted by atomic mass is 35.5. The Kier molecular flexibility index (Phi) is 10.5. The molecular formula is C25H39Cl3N5O2+. The molecule has 3 aliphatic heterocycles. The molecule has 0 radical (unpaired) electrons. The number of aryl methyl sites for hydroxylation is 1. The molecule has 1 aromatic heterocycles. The van der Waals surface area contributed by atoms with E-state index in [1.54, 1.807) is 0 Å². The van der Waals surface area contributed by atoms with Gasteiger partial charge in [0.2, 0.25) is 0 Å². The van der Waals surface area contributed by atoms with Crippen molar-refractivity contribution in [1.82, 2.24) is 14.9 Å². The van der Waals surface area contributed by atoms with Gasteiger partial charge >= 0.3 is 6.09 Å². The van der Waals surface area contributed by atoms with E-state index in [9.17, 15) is 4.79 Å². The third kappa shape index (κ3) is 5.22. The summed E-state index contributed by atoms with van der Waals surface area (Å²) in [6.07, 6.45) is 5.90. The van der Waals surface area contributed by atoms with Gasteiger partial charge in [0, 0.05) is 69.4 Å². The van der Waals surface area contributed by atoms with Gasteiger partial charge in [-0.05, 0) is 12.5 Å². The largest absolute Gasteiger partial charge is 0.516 e. The molecule has 3 aliphatic rings. The maximum atomic E-state index is 13.3. The molecule has 0 spiro atoms. The Balaban J connectivity index is 0.00000144. The van der Waals surface area contributed by atoms with E-state index < -0.39 is 0 Å². The van der Waals surface area contributed by atoms with Gasteiger partial charge in [-0.15, -0.1) is 37.2 Å². The van der Waals surface area contributed by atoms with Crippen LogP contribution < -0.4 is 11.1 Å². The number of amides is 1. The molecule has 2 aromatic rings. The van der Waals surface area contributed by atoms with Crippen molar-refractivity contribution >= 4 is 43.3 Å². The maximum Gasteiger partial charge on any atom is 0.516 e. The first kappa shape index (κ1) is 29.9. The van der Waals surface area contributed by atoms with Crippen LogP contribution in [0.5, 0.6) is 0 Å². The molecule has 2 bridgehead atoms. The monoisotopic (exact) mass is 546 g/mol. The lowest BCUT2D eigenvalue weighted by Crippen LogP contribution is -2.64. The summed E-state index contributed by atoms with van der Waals surface area (Å²) < 4.78 is 8.37. The summed E-state index contributed by atoms with van der Waals surface area (Å²) in [6.45, 7) is 4.76. The molecule has 2 fully saturated rings. The van der Waals surface area contributed by atoms with Crippen molar-refractivity contribution in [2.45, 2.75) is 76.2 Å². The van der Waals surface area contributed by atoms with Crippen molar-refractivity contribution in [3.05, 3.63) is 53.1 Å². The van der Waals surface area contributed by atoms with Crippen molar-refractivity contribution in [1.29, 1.82) is 0 Å². The molecule has 1 aromatic carbocycles. The van der Waals surface area contributed by atoms with Crippen molar-refractivity contribution in [3.8, 4) is 0 Å². The van der Waals surface area contributed by atoms with Crippen LogP contribution in [0.3, 0.4) is 0 Å². The van der Waals surface area contributed by atoms with E-state index in [1.165, 1.54) is 18.5 Å². The Labute approximate surface area is 227 Å². The summed E-state index contributed by atoms with van der Waals surface area (Å²) in [5, 5.41) is 3.44. The molecule has 7 nitrogen and oxygen atoms in total. The number of carbonyl (C=O) groups is 1. The van der Waals surface area contributed by atoms with E-state index in [0.717, 1.165) is 69.5 Å². The molecule has 0 saturated carbocycles. The van der Waals surface area contributed by atoms with Gasteiger partial charge in [-0.1, -0.05) is 30.3 Å². The zero-order chi connectivity index (χ0) is 22.3. The molecule has 1 amide bonds. The fraction of sp³-hybridized carbons (Fsp3) is 0.600. The molecule has 4 heterocycles. The van der Waals surface area contributed by atoms with Crippen LogP contribution in [0.4, 0.5) is 4.79 Å². The lowest BCUT2D eigenvalue weighted by Gasteiger charge is -2.47. The number of rotatable bonds is 5. The number of carbonyl (C=O) groups excluding carboxylic acids is 1. The number of aromatic nitrogens is 2. The lowest BCUT2D eigenvalue weighted by atomic mass is 9.92. The van der Waals surface area contributed by atoms with Crippen LogP contribution in [-0.2, 0) is 17.7 Å². The number of ether oxygens (including phenoxy) is 1. The number of quaternary nitrogens is 1. The first-order valence-electron chi connectivity index (χ1n) is 12.1. The first-order chi connectivity index (χ1) is 15.5. The molecule has 0 aliphatic carbocycles. The number of methoxy groups -OCH3 is 1. The molecule has 2 saturated heterocycles. The average molecular weight is 548 g/mol. The molecule has 3 N–H and O–H groups in total. The highest BCUT2D eigenvalue weighted by Crippen LogP contribution is 2.48. The third-order valence-corrected chi connectivity index (χ3v) is 8.24.